The number of halogens is 1. The third kappa shape index (κ3) is 5.43. The number of hydrogen-bond donors (Lipinski definition) is 2. The van der Waals surface area contributed by atoms with Crippen LogP contribution in [-0.4, -0.2) is 26.0 Å². The van der Waals surface area contributed by atoms with Crippen LogP contribution in [0.3, 0.4) is 0 Å². The molecule has 2 atom stereocenters. The highest BCUT2D eigenvalue weighted by Crippen LogP contribution is 2.31. The monoisotopic (exact) mass is 430 g/mol. The highest BCUT2D eigenvalue weighted by Gasteiger charge is 2.24. The van der Waals surface area contributed by atoms with Crippen LogP contribution in [-0.2, 0) is 0 Å². The Balaban J connectivity index is 1.58. The lowest BCUT2D eigenvalue weighted by Gasteiger charge is -2.14. The molecule has 0 unspecified atom stereocenters. The van der Waals surface area contributed by atoms with Gasteiger partial charge in [0.15, 0.2) is 0 Å². The molecule has 3 nitrogen and oxygen atoms in total. The minimum absolute atomic E-state index is 0.0561. The maximum absolute atomic E-state index is 13.4. The Kier molecular flexibility index (Phi) is 7.01. The van der Waals surface area contributed by atoms with E-state index in [4.69, 9.17) is 0 Å². The summed E-state index contributed by atoms with van der Waals surface area (Å²) in [7, 11) is 1.99. The highest BCUT2D eigenvalue weighted by molar-refractivity contribution is 5.97. The summed E-state index contributed by atoms with van der Waals surface area (Å²) >= 11 is 0. The van der Waals surface area contributed by atoms with Gasteiger partial charge in [-0.25, -0.2) is 4.39 Å². The molecule has 3 aromatic carbocycles. The van der Waals surface area contributed by atoms with Gasteiger partial charge in [0.05, 0.1) is 0 Å². The van der Waals surface area contributed by atoms with Crippen molar-refractivity contribution < 1.29 is 9.18 Å². The number of carbonyl (C=O) groups is 1. The van der Waals surface area contributed by atoms with Crippen LogP contribution in [0.15, 0.2) is 66.7 Å². The maximum Gasteiger partial charge on any atom is 0.251 e. The Hall–Kier alpha value is -2.98. The van der Waals surface area contributed by atoms with Crippen molar-refractivity contribution in [2.24, 2.45) is 11.8 Å². The van der Waals surface area contributed by atoms with Crippen molar-refractivity contribution in [3.05, 3.63) is 83.7 Å². The summed E-state index contributed by atoms with van der Waals surface area (Å²) in [4.78, 5) is 13.1. The zero-order valence-electron chi connectivity index (χ0n) is 18.8. The molecular formula is C28H31FN2O. The summed E-state index contributed by atoms with van der Waals surface area (Å²) in [5.41, 5.74) is 5.65. The molecule has 0 aromatic heterocycles. The summed E-state index contributed by atoms with van der Waals surface area (Å²) in [5.74, 6) is 0.917. The number of benzene rings is 3. The molecule has 0 bridgehead atoms. The van der Waals surface area contributed by atoms with E-state index in [1.54, 1.807) is 12.1 Å². The van der Waals surface area contributed by atoms with E-state index in [1.807, 2.05) is 19.2 Å². The molecule has 1 fully saturated rings. The van der Waals surface area contributed by atoms with Gasteiger partial charge in [-0.2, -0.15) is 0 Å². The van der Waals surface area contributed by atoms with E-state index in [0.29, 0.717) is 23.9 Å². The van der Waals surface area contributed by atoms with E-state index in [1.165, 1.54) is 24.1 Å². The van der Waals surface area contributed by atoms with Crippen LogP contribution in [0.2, 0.25) is 0 Å². The topological polar surface area (TPSA) is 41.1 Å². The number of carbonyl (C=O) groups excluding carboxylic acids is 1. The first kappa shape index (κ1) is 22.2. The Morgan fingerprint density at radius 1 is 0.844 bits per heavy atom. The van der Waals surface area contributed by atoms with Gasteiger partial charge in [-0.15, -0.1) is 0 Å². The molecule has 1 amide bonds. The molecule has 1 aliphatic rings. The molecule has 4 heteroatoms. The Bertz CT molecular complexity index is 996. The molecule has 32 heavy (non-hydrogen) atoms. The van der Waals surface area contributed by atoms with Crippen molar-refractivity contribution in [1.82, 2.24) is 10.6 Å². The number of amides is 1. The van der Waals surface area contributed by atoms with Crippen LogP contribution in [0, 0.1) is 24.6 Å². The molecule has 0 radical (unpaired) electrons. The van der Waals surface area contributed by atoms with Crippen LogP contribution < -0.4 is 10.6 Å². The Morgan fingerprint density at radius 3 is 2.00 bits per heavy atom. The summed E-state index contributed by atoms with van der Waals surface area (Å²) in [6.07, 6.45) is 3.54. The second kappa shape index (κ2) is 10.1. The molecule has 3 aromatic rings. The zero-order chi connectivity index (χ0) is 22.5. The molecule has 1 aliphatic carbocycles. The summed E-state index contributed by atoms with van der Waals surface area (Å²) in [5, 5.41) is 6.42. The summed E-state index contributed by atoms with van der Waals surface area (Å²) in [6, 6.07) is 20.6. The quantitative estimate of drug-likeness (QED) is 0.495. The van der Waals surface area contributed by atoms with E-state index in [0.717, 1.165) is 41.6 Å². The molecule has 0 spiro atoms. The van der Waals surface area contributed by atoms with Gasteiger partial charge in [-0.3, -0.25) is 4.79 Å². The first-order valence-corrected chi connectivity index (χ1v) is 11.4. The minimum atomic E-state index is -0.269. The average Bonchev–Trinajstić information content (AvgIpc) is 3.26. The van der Waals surface area contributed by atoms with Gasteiger partial charge in [-0.1, -0.05) is 42.0 Å². The number of rotatable bonds is 7. The van der Waals surface area contributed by atoms with Gasteiger partial charge < -0.3 is 10.6 Å². The van der Waals surface area contributed by atoms with Crippen molar-refractivity contribution in [3.8, 4) is 22.3 Å². The SMILES string of the molecule is CNC[C@@H]1CC[C@H](CNC(=O)c2cc(-c3ccc(C)cc3)cc(-c3ccc(F)cc3)c2)C1. The van der Waals surface area contributed by atoms with E-state index in [9.17, 15) is 9.18 Å². The smallest absolute Gasteiger partial charge is 0.251 e. The van der Waals surface area contributed by atoms with Crippen LogP contribution in [0.5, 0.6) is 0 Å². The van der Waals surface area contributed by atoms with Crippen LogP contribution in [0.1, 0.15) is 35.2 Å². The van der Waals surface area contributed by atoms with Crippen molar-refractivity contribution in [3.63, 3.8) is 0 Å². The lowest BCUT2D eigenvalue weighted by molar-refractivity contribution is 0.0947. The fourth-order valence-electron chi connectivity index (χ4n) is 4.66. The summed E-state index contributed by atoms with van der Waals surface area (Å²) < 4.78 is 13.4. The summed E-state index contributed by atoms with van der Waals surface area (Å²) in [6.45, 7) is 3.81. The maximum atomic E-state index is 13.4. The largest absolute Gasteiger partial charge is 0.352 e. The highest BCUT2D eigenvalue weighted by atomic mass is 19.1. The van der Waals surface area contributed by atoms with Crippen LogP contribution >= 0.6 is 0 Å². The molecular weight excluding hydrogens is 399 g/mol. The van der Waals surface area contributed by atoms with Crippen LogP contribution in [0.25, 0.3) is 22.3 Å². The Labute approximate surface area is 190 Å². The minimum Gasteiger partial charge on any atom is -0.352 e. The van der Waals surface area contributed by atoms with E-state index < -0.39 is 0 Å². The number of hydrogen-bond acceptors (Lipinski definition) is 2. The molecule has 0 heterocycles. The van der Waals surface area contributed by atoms with Gasteiger partial charge in [0.1, 0.15) is 5.82 Å². The lowest BCUT2D eigenvalue weighted by Crippen LogP contribution is -2.28. The number of nitrogens with one attached hydrogen (secondary N) is 2. The zero-order valence-corrected chi connectivity index (χ0v) is 18.8. The predicted molar refractivity (Wildman–Crippen MR) is 129 cm³/mol. The van der Waals surface area contributed by atoms with Crippen LogP contribution in [0.4, 0.5) is 4.39 Å². The molecule has 4 rings (SSSR count). The first-order chi connectivity index (χ1) is 15.5. The Morgan fingerprint density at radius 2 is 1.41 bits per heavy atom. The van der Waals surface area contributed by atoms with Crippen molar-refractivity contribution >= 4 is 5.91 Å². The molecule has 166 valence electrons. The van der Waals surface area contributed by atoms with Crippen molar-refractivity contribution in [2.75, 3.05) is 20.1 Å². The van der Waals surface area contributed by atoms with Gasteiger partial charge in [0.2, 0.25) is 0 Å². The van der Waals surface area contributed by atoms with Crippen molar-refractivity contribution in [1.29, 1.82) is 0 Å². The van der Waals surface area contributed by atoms with E-state index in [-0.39, 0.29) is 11.7 Å². The molecule has 0 aliphatic heterocycles. The van der Waals surface area contributed by atoms with Crippen molar-refractivity contribution in [2.45, 2.75) is 26.2 Å². The first-order valence-electron chi connectivity index (χ1n) is 11.4. The third-order valence-electron chi connectivity index (χ3n) is 6.45. The third-order valence-corrected chi connectivity index (χ3v) is 6.45. The standard InChI is InChI=1S/C28H31FN2O/c1-19-3-7-22(8-4-19)24-14-25(23-9-11-27(29)12-10-23)16-26(15-24)28(32)31-18-21-6-5-20(13-21)17-30-2/h3-4,7-12,14-16,20-21,30H,5-6,13,17-18H2,1-2H3,(H,31,32)/t20-,21+/m1/s1. The lowest BCUT2D eigenvalue weighted by atomic mass is 9.95. The number of aryl methyl sites for hydroxylation is 1. The average molecular weight is 431 g/mol. The van der Waals surface area contributed by atoms with E-state index in [2.05, 4.69) is 47.9 Å². The predicted octanol–water partition coefficient (Wildman–Crippen LogP) is 5.83. The molecule has 2 N–H and O–H groups in total. The van der Waals surface area contributed by atoms with Gasteiger partial charge in [0, 0.05) is 12.1 Å². The van der Waals surface area contributed by atoms with Gasteiger partial charge in [-0.05, 0) is 104 Å². The molecule has 0 saturated heterocycles. The van der Waals surface area contributed by atoms with Gasteiger partial charge in [0.25, 0.3) is 5.91 Å². The molecule has 1 saturated carbocycles. The van der Waals surface area contributed by atoms with E-state index >= 15 is 0 Å². The fraction of sp³-hybridized carbons (Fsp3) is 0.321. The normalized spacial score (nSPS) is 18.0. The van der Waals surface area contributed by atoms with Gasteiger partial charge >= 0.3 is 0 Å². The second-order valence-corrected chi connectivity index (χ2v) is 8.98. The second-order valence-electron chi connectivity index (χ2n) is 8.98. The fourth-order valence-corrected chi connectivity index (χ4v) is 4.66.